The number of methoxy groups -OCH3 is 1. The molecule has 68 valence electrons. The topological polar surface area (TPSA) is 26.3 Å². The lowest BCUT2D eigenvalue weighted by molar-refractivity contribution is -0.227. The first kappa shape index (κ1) is 8.09. The molecule has 0 saturated heterocycles. The summed E-state index contributed by atoms with van der Waals surface area (Å²) >= 11 is 0. The summed E-state index contributed by atoms with van der Waals surface area (Å²) in [5.74, 6) is 0.0282. The van der Waals surface area contributed by atoms with Crippen molar-refractivity contribution in [1.29, 1.82) is 0 Å². The number of hydrogen-bond acceptors (Lipinski definition) is 2. The van der Waals surface area contributed by atoms with Crippen LogP contribution >= 0.6 is 0 Å². The van der Waals surface area contributed by atoms with Crippen molar-refractivity contribution in [2.24, 2.45) is 10.8 Å². The van der Waals surface area contributed by atoms with E-state index in [4.69, 9.17) is 4.74 Å². The van der Waals surface area contributed by atoms with Gasteiger partial charge in [0.05, 0.1) is 12.5 Å². The van der Waals surface area contributed by atoms with Crippen LogP contribution in [0.2, 0.25) is 0 Å². The van der Waals surface area contributed by atoms with Gasteiger partial charge in [0.2, 0.25) is 0 Å². The monoisotopic (exact) mass is 168 g/mol. The Hall–Kier alpha value is -0.530. The first-order chi connectivity index (χ1) is 5.66. The Morgan fingerprint density at radius 2 is 2.00 bits per heavy atom. The zero-order valence-electron chi connectivity index (χ0n) is 7.85. The molecule has 2 nitrogen and oxygen atoms in total. The minimum Gasteiger partial charge on any atom is -0.469 e. The molecule has 2 bridgehead atoms. The van der Waals surface area contributed by atoms with Crippen LogP contribution in [0.4, 0.5) is 0 Å². The number of carbonyl (C=O) groups is 1. The number of rotatable bonds is 3. The van der Waals surface area contributed by atoms with Gasteiger partial charge in [-0.25, -0.2) is 0 Å². The van der Waals surface area contributed by atoms with Crippen LogP contribution < -0.4 is 0 Å². The molecule has 0 aromatic carbocycles. The van der Waals surface area contributed by atoms with Gasteiger partial charge in [-0.15, -0.1) is 0 Å². The molecule has 0 amide bonds. The number of ether oxygens (including phenoxy) is 1. The van der Waals surface area contributed by atoms with Crippen LogP contribution in [0, 0.1) is 10.8 Å². The summed E-state index contributed by atoms with van der Waals surface area (Å²) in [6.45, 7) is 2.21. The van der Waals surface area contributed by atoms with Crippen molar-refractivity contribution < 1.29 is 9.53 Å². The van der Waals surface area contributed by atoms with E-state index >= 15 is 0 Å². The summed E-state index contributed by atoms with van der Waals surface area (Å²) in [4.78, 5) is 11.3. The maximum absolute atomic E-state index is 11.3. The lowest BCUT2D eigenvalue weighted by Crippen LogP contribution is -2.65. The Labute approximate surface area is 73.3 Å². The average molecular weight is 168 g/mol. The molecule has 12 heavy (non-hydrogen) atoms. The highest BCUT2D eigenvalue weighted by Gasteiger charge is 2.71. The first-order valence-electron chi connectivity index (χ1n) is 4.75. The zero-order chi connectivity index (χ0) is 8.82. The fourth-order valence-electron chi connectivity index (χ4n) is 3.23. The molecule has 3 rings (SSSR count). The third-order valence-electron chi connectivity index (χ3n) is 3.54. The van der Waals surface area contributed by atoms with E-state index in [1.54, 1.807) is 0 Å². The van der Waals surface area contributed by atoms with Crippen LogP contribution in [0.15, 0.2) is 0 Å². The molecule has 0 aromatic rings. The highest BCUT2D eigenvalue weighted by Crippen LogP contribution is 2.75. The predicted molar refractivity (Wildman–Crippen MR) is 45.6 cm³/mol. The molecule has 0 N–H and O–H groups in total. The van der Waals surface area contributed by atoms with Gasteiger partial charge in [-0.05, 0) is 31.1 Å². The molecule has 3 aliphatic rings. The highest BCUT2D eigenvalue weighted by molar-refractivity contribution is 5.81. The third kappa shape index (κ3) is 0.782. The summed E-state index contributed by atoms with van der Waals surface area (Å²) in [5.41, 5.74) is 0.535. The second-order valence-electron chi connectivity index (χ2n) is 4.55. The van der Waals surface area contributed by atoms with Gasteiger partial charge in [-0.1, -0.05) is 13.3 Å². The number of carbonyl (C=O) groups excluding carboxylic acids is 1. The molecule has 0 aromatic heterocycles. The average Bonchev–Trinajstić information content (AvgIpc) is 1.92. The molecule has 0 radical (unpaired) electrons. The molecular weight excluding hydrogens is 152 g/mol. The normalized spacial score (nSPS) is 42.8. The largest absolute Gasteiger partial charge is 0.469 e. The van der Waals surface area contributed by atoms with E-state index < -0.39 is 0 Å². The van der Waals surface area contributed by atoms with Crippen LogP contribution in [-0.2, 0) is 9.53 Å². The SMILES string of the molecule is CCCC12CC(C(=O)OC)(C1)C2. The second-order valence-corrected chi connectivity index (χ2v) is 4.55. The predicted octanol–water partition coefficient (Wildman–Crippen LogP) is 2.13. The van der Waals surface area contributed by atoms with Crippen molar-refractivity contribution in [3.8, 4) is 0 Å². The van der Waals surface area contributed by atoms with Crippen molar-refractivity contribution in [1.82, 2.24) is 0 Å². The third-order valence-corrected chi connectivity index (χ3v) is 3.54. The lowest BCUT2D eigenvalue weighted by atomic mass is 9.34. The van der Waals surface area contributed by atoms with E-state index in [0.717, 1.165) is 19.3 Å². The first-order valence-corrected chi connectivity index (χ1v) is 4.75. The fourth-order valence-corrected chi connectivity index (χ4v) is 3.23. The molecule has 0 heterocycles. The van der Waals surface area contributed by atoms with Crippen LogP contribution in [0.3, 0.4) is 0 Å². The molecule has 0 unspecified atom stereocenters. The fraction of sp³-hybridized carbons (Fsp3) is 0.900. The van der Waals surface area contributed by atoms with Crippen LogP contribution in [0.25, 0.3) is 0 Å². The lowest BCUT2D eigenvalue weighted by Gasteiger charge is -2.69. The Kier molecular flexibility index (Phi) is 1.51. The molecule has 0 spiro atoms. The van der Waals surface area contributed by atoms with Crippen LogP contribution in [0.5, 0.6) is 0 Å². The molecule has 0 aliphatic heterocycles. The second kappa shape index (κ2) is 2.24. The number of hydrogen-bond donors (Lipinski definition) is 0. The summed E-state index contributed by atoms with van der Waals surface area (Å²) in [5, 5.41) is 0. The minimum absolute atomic E-state index is 0.0239. The van der Waals surface area contributed by atoms with Gasteiger partial charge in [0.15, 0.2) is 0 Å². The van der Waals surface area contributed by atoms with Gasteiger partial charge in [-0.2, -0.15) is 0 Å². The van der Waals surface area contributed by atoms with E-state index in [2.05, 4.69) is 6.92 Å². The van der Waals surface area contributed by atoms with Crippen molar-refractivity contribution >= 4 is 5.97 Å². The number of esters is 1. The van der Waals surface area contributed by atoms with E-state index in [-0.39, 0.29) is 11.4 Å². The maximum Gasteiger partial charge on any atom is 0.311 e. The van der Waals surface area contributed by atoms with Gasteiger partial charge in [-0.3, -0.25) is 4.79 Å². The van der Waals surface area contributed by atoms with Crippen molar-refractivity contribution in [3.05, 3.63) is 0 Å². The zero-order valence-corrected chi connectivity index (χ0v) is 7.85. The Bertz CT molecular complexity index is 200. The van der Waals surface area contributed by atoms with E-state index in [1.807, 2.05) is 0 Å². The summed E-state index contributed by atoms with van der Waals surface area (Å²) in [6, 6.07) is 0. The quantitative estimate of drug-likeness (QED) is 0.603. The van der Waals surface area contributed by atoms with Crippen LogP contribution in [-0.4, -0.2) is 13.1 Å². The van der Waals surface area contributed by atoms with Crippen LogP contribution in [0.1, 0.15) is 39.0 Å². The van der Waals surface area contributed by atoms with Crippen molar-refractivity contribution in [2.45, 2.75) is 39.0 Å². The summed E-state index contributed by atoms with van der Waals surface area (Å²) in [6.07, 6.45) is 5.84. The molecule has 2 heteroatoms. The van der Waals surface area contributed by atoms with Gasteiger partial charge < -0.3 is 4.74 Å². The molecule has 3 fully saturated rings. The molecule has 3 aliphatic carbocycles. The standard InChI is InChI=1S/C10H16O2/c1-3-4-9-5-10(6-9,7-9)8(11)12-2/h3-7H2,1-2H3. The van der Waals surface area contributed by atoms with Gasteiger partial charge >= 0.3 is 5.97 Å². The van der Waals surface area contributed by atoms with E-state index in [1.165, 1.54) is 20.0 Å². The molecule has 0 atom stereocenters. The maximum atomic E-state index is 11.3. The van der Waals surface area contributed by atoms with Gasteiger partial charge in [0, 0.05) is 0 Å². The summed E-state index contributed by atoms with van der Waals surface area (Å²) < 4.78 is 4.78. The Balaban J connectivity index is 1.91. The molecule has 3 saturated carbocycles. The minimum atomic E-state index is -0.0239. The Morgan fingerprint density at radius 1 is 1.42 bits per heavy atom. The van der Waals surface area contributed by atoms with Crippen molar-refractivity contribution in [3.63, 3.8) is 0 Å². The van der Waals surface area contributed by atoms with Crippen molar-refractivity contribution in [2.75, 3.05) is 7.11 Å². The van der Waals surface area contributed by atoms with E-state index in [0.29, 0.717) is 5.41 Å². The van der Waals surface area contributed by atoms with E-state index in [9.17, 15) is 4.79 Å². The smallest absolute Gasteiger partial charge is 0.311 e. The van der Waals surface area contributed by atoms with Gasteiger partial charge in [0.1, 0.15) is 0 Å². The highest BCUT2D eigenvalue weighted by atomic mass is 16.5. The Morgan fingerprint density at radius 3 is 2.42 bits per heavy atom. The van der Waals surface area contributed by atoms with Gasteiger partial charge in [0.25, 0.3) is 0 Å². The summed E-state index contributed by atoms with van der Waals surface area (Å²) in [7, 11) is 1.50. The molecular formula is C10H16O2.